The molecule has 0 unspecified atom stereocenters. The fourth-order valence-electron chi connectivity index (χ4n) is 2.77. The Hall–Kier alpha value is -3.53. The lowest BCUT2D eigenvalue weighted by Gasteiger charge is -2.08. The van der Waals surface area contributed by atoms with E-state index in [0.717, 1.165) is 0 Å². The first kappa shape index (κ1) is 21.2. The summed E-state index contributed by atoms with van der Waals surface area (Å²) in [6.07, 6.45) is 0. The molecular weight excluding hydrogens is 406 g/mol. The third-order valence-corrected chi connectivity index (χ3v) is 5.22. The zero-order chi connectivity index (χ0) is 21.7. The van der Waals surface area contributed by atoms with Crippen LogP contribution in [0.15, 0.2) is 53.7 Å². The molecule has 3 aromatic rings. The van der Waals surface area contributed by atoms with Crippen LogP contribution in [-0.2, 0) is 11.3 Å². The van der Waals surface area contributed by atoms with Crippen LogP contribution >= 0.6 is 11.8 Å². The van der Waals surface area contributed by atoms with Crippen molar-refractivity contribution in [1.29, 1.82) is 0 Å². The van der Waals surface area contributed by atoms with Crippen LogP contribution in [0.5, 0.6) is 0 Å². The van der Waals surface area contributed by atoms with Crippen molar-refractivity contribution in [3.63, 3.8) is 0 Å². The van der Waals surface area contributed by atoms with E-state index < -0.39 is 4.92 Å². The van der Waals surface area contributed by atoms with Gasteiger partial charge in [-0.1, -0.05) is 23.9 Å². The number of non-ortho nitro benzene ring substituents is 1. The SMILES string of the molecule is CCn1c(SCC(=O)Nc2ccc(C(C)=O)cc2)nnc1-c1cccc([N+](=O)[O-])c1. The van der Waals surface area contributed by atoms with E-state index >= 15 is 0 Å². The Labute approximate surface area is 176 Å². The summed E-state index contributed by atoms with van der Waals surface area (Å²) in [6.45, 7) is 3.93. The van der Waals surface area contributed by atoms with Gasteiger partial charge < -0.3 is 9.88 Å². The van der Waals surface area contributed by atoms with Gasteiger partial charge in [0.15, 0.2) is 16.8 Å². The molecule has 1 amide bonds. The highest BCUT2D eigenvalue weighted by Gasteiger charge is 2.17. The Balaban J connectivity index is 1.68. The number of aromatic nitrogens is 3. The minimum absolute atomic E-state index is 0.0254. The summed E-state index contributed by atoms with van der Waals surface area (Å²) in [5.74, 6) is 0.352. The molecule has 154 valence electrons. The van der Waals surface area contributed by atoms with E-state index in [0.29, 0.717) is 34.3 Å². The van der Waals surface area contributed by atoms with E-state index in [-0.39, 0.29) is 23.1 Å². The molecule has 9 nitrogen and oxygen atoms in total. The Kier molecular flexibility index (Phi) is 6.58. The van der Waals surface area contributed by atoms with Crippen LogP contribution in [0.4, 0.5) is 11.4 Å². The van der Waals surface area contributed by atoms with Gasteiger partial charge in [-0.2, -0.15) is 0 Å². The summed E-state index contributed by atoms with van der Waals surface area (Å²) in [7, 11) is 0. The van der Waals surface area contributed by atoms with Crippen molar-refractivity contribution in [2.24, 2.45) is 0 Å². The molecular formula is C20H19N5O4S. The Morgan fingerprint density at radius 3 is 2.53 bits per heavy atom. The fourth-order valence-corrected chi connectivity index (χ4v) is 3.57. The van der Waals surface area contributed by atoms with Gasteiger partial charge in [-0.15, -0.1) is 10.2 Å². The quantitative estimate of drug-likeness (QED) is 0.252. The lowest BCUT2D eigenvalue weighted by molar-refractivity contribution is -0.384. The standard InChI is InChI=1S/C20H19N5O4S/c1-3-24-19(15-5-4-6-17(11-15)25(28)29)22-23-20(24)30-12-18(27)21-16-9-7-14(8-10-16)13(2)26/h4-11H,3,12H2,1-2H3,(H,21,27). The van der Waals surface area contributed by atoms with Crippen LogP contribution in [0.3, 0.4) is 0 Å². The van der Waals surface area contributed by atoms with Gasteiger partial charge >= 0.3 is 0 Å². The molecule has 0 bridgehead atoms. The molecule has 0 aliphatic heterocycles. The number of hydrogen-bond acceptors (Lipinski definition) is 7. The molecule has 0 saturated heterocycles. The maximum atomic E-state index is 12.3. The minimum atomic E-state index is -0.459. The van der Waals surface area contributed by atoms with Crippen molar-refractivity contribution >= 4 is 34.8 Å². The predicted molar refractivity (Wildman–Crippen MR) is 114 cm³/mol. The van der Waals surface area contributed by atoms with Gasteiger partial charge in [0.05, 0.1) is 10.7 Å². The second-order valence-electron chi connectivity index (χ2n) is 6.33. The molecule has 0 atom stereocenters. The number of Topliss-reactive ketones (excluding diaryl/α,β-unsaturated/α-hetero) is 1. The van der Waals surface area contributed by atoms with E-state index in [1.54, 1.807) is 41.0 Å². The number of carbonyl (C=O) groups is 2. The first-order chi connectivity index (χ1) is 14.4. The summed E-state index contributed by atoms with van der Waals surface area (Å²) in [4.78, 5) is 34.1. The number of nitro groups is 1. The van der Waals surface area contributed by atoms with Crippen LogP contribution < -0.4 is 5.32 Å². The van der Waals surface area contributed by atoms with Crippen LogP contribution in [-0.4, -0.2) is 37.1 Å². The number of nitro benzene ring substituents is 1. The summed E-state index contributed by atoms with van der Waals surface area (Å²) < 4.78 is 1.80. The molecule has 2 aromatic carbocycles. The van der Waals surface area contributed by atoms with Gasteiger partial charge in [-0.05, 0) is 38.1 Å². The van der Waals surface area contributed by atoms with Crippen LogP contribution in [0, 0.1) is 10.1 Å². The Bertz CT molecular complexity index is 1090. The largest absolute Gasteiger partial charge is 0.325 e. The van der Waals surface area contributed by atoms with Crippen LogP contribution in [0.1, 0.15) is 24.2 Å². The lowest BCUT2D eigenvalue weighted by atomic mass is 10.1. The zero-order valence-electron chi connectivity index (χ0n) is 16.4. The number of rotatable bonds is 8. The minimum Gasteiger partial charge on any atom is -0.325 e. The highest BCUT2D eigenvalue weighted by atomic mass is 32.2. The van der Waals surface area contributed by atoms with Gasteiger partial charge in [0.1, 0.15) is 0 Å². The number of benzene rings is 2. The highest BCUT2D eigenvalue weighted by Crippen LogP contribution is 2.26. The number of amides is 1. The molecule has 0 fully saturated rings. The maximum Gasteiger partial charge on any atom is 0.270 e. The van der Waals surface area contributed by atoms with Crippen molar-refractivity contribution in [3.05, 3.63) is 64.2 Å². The van der Waals surface area contributed by atoms with Gasteiger partial charge in [-0.25, -0.2) is 0 Å². The fraction of sp³-hybridized carbons (Fsp3) is 0.200. The van der Waals surface area contributed by atoms with Crippen molar-refractivity contribution in [2.45, 2.75) is 25.5 Å². The topological polar surface area (TPSA) is 120 Å². The van der Waals surface area contributed by atoms with E-state index in [9.17, 15) is 19.7 Å². The van der Waals surface area contributed by atoms with Crippen molar-refractivity contribution in [2.75, 3.05) is 11.1 Å². The molecule has 3 rings (SSSR count). The maximum absolute atomic E-state index is 12.3. The molecule has 0 aliphatic carbocycles. The Morgan fingerprint density at radius 2 is 1.90 bits per heavy atom. The summed E-state index contributed by atoms with van der Waals surface area (Å²) in [5, 5.41) is 22.6. The molecule has 30 heavy (non-hydrogen) atoms. The van der Waals surface area contributed by atoms with Gasteiger partial charge in [0, 0.05) is 35.5 Å². The lowest BCUT2D eigenvalue weighted by Crippen LogP contribution is -2.14. The highest BCUT2D eigenvalue weighted by molar-refractivity contribution is 7.99. The number of carbonyl (C=O) groups excluding carboxylic acids is 2. The number of anilines is 1. The van der Waals surface area contributed by atoms with E-state index in [1.165, 1.54) is 30.8 Å². The van der Waals surface area contributed by atoms with E-state index in [4.69, 9.17) is 0 Å². The molecule has 1 aromatic heterocycles. The summed E-state index contributed by atoms with van der Waals surface area (Å²) >= 11 is 1.22. The molecule has 1 N–H and O–H groups in total. The van der Waals surface area contributed by atoms with Crippen molar-refractivity contribution < 1.29 is 14.5 Å². The number of hydrogen-bond donors (Lipinski definition) is 1. The van der Waals surface area contributed by atoms with E-state index in [1.807, 2.05) is 6.92 Å². The molecule has 0 saturated carbocycles. The van der Waals surface area contributed by atoms with Gasteiger partial charge in [-0.3, -0.25) is 19.7 Å². The van der Waals surface area contributed by atoms with Gasteiger partial charge in [0.2, 0.25) is 5.91 Å². The average Bonchev–Trinajstić information content (AvgIpc) is 3.15. The smallest absolute Gasteiger partial charge is 0.270 e. The Morgan fingerprint density at radius 1 is 1.17 bits per heavy atom. The van der Waals surface area contributed by atoms with Gasteiger partial charge in [0.25, 0.3) is 5.69 Å². The van der Waals surface area contributed by atoms with Crippen LogP contribution in [0.2, 0.25) is 0 Å². The molecule has 0 radical (unpaired) electrons. The normalized spacial score (nSPS) is 10.6. The summed E-state index contributed by atoms with van der Waals surface area (Å²) in [5.41, 5.74) is 1.73. The molecule has 1 heterocycles. The molecule has 0 spiro atoms. The third kappa shape index (κ3) is 4.90. The predicted octanol–water partition coefficient (Wildman–Crippen LogP) is 3.81. The number of ketones is 1. The number of nitrogens with one attached hydrogen (secondary N) is 1. The first-order valence-electron chi connectivity index (χ1n) is 9.10. The second-order valence-corrected chi connectivity index (χ2v) is 7.27. The monoisotopic (exact) mass is 425 g/mol. The number of nitrogens with zero attached hydrogens (tertiary/aromatic N) is 4. The van der Waals surface area contributed by atoms with E-state index in [2.05, 4.69) is 15.5 Å². The van der Waals surface area contributed by atoms with Crippen molar-refractivity contribution in [3.8, 4) is 11.4 Å². The second kappa shape index (κ2) is 9.31. The zero-order valence-corrected chi connectivity index (χ0v) is 17.2. The molecule has 10 heteroatoms. The summed E-state index contributed by atoms with van der Waals surface area (Å²) in [6, 6.07) is 12.9. The average molecular weight is 425 g/mol. The van der Waals surface area contributed by atoms with Crippen molar-refractivity contribution in [1.82, 2.24) is 14.8 Å². The number of thioether (sulfide) groups is 1. The first-order valence-corrected chi connectivity index (χ1v) is 10.1. The van der Waals surface area contributed by atoms with Crippen LogP contribution in [0.25, 0.3) is 11.4 Å². The third-order valence-electron chi connectivity index (χ3n) is 4.26. The molecule has 0 aliphatic rings.